The SMILES string of the molecule is CN(C)c1ccc(/C=N/NC(=O)C(F)(F)C(F)(F)C(F)(F)F)cc1. The molecule has 0 radical (unpaired) electrons. The van der Waals surface area contributed by atoms with Gasteiger partial charge in [-0.15, -0.1) is 0 Å². The molecule has 0 aliphatic carbocycles. The monoisotopic (exact) mass is 359 g/mol. The molecule has 0 aliphatic heterocycles. The average Bonchev–Trinajstić information content (AvgIpc) is 2.46. The molecular formula is C13H12F7N3O. The van der Waals surface area contributed by atoms with Gasteiger partial charge in [-0.05, 0) is 17.7 Å². The highest BCUT2D eigenvalue weighted by atomic mass is 19.4. The van der Waals surface area contributed by atoms with Gasteiger partial charge in [0.25, 0.3) is 0 Å². The summed E-state index contributed by atoms with van der Waals surface area (Å²) in [5, 5.41) is 2.96. The van der Waals surface area contributed by atoms with E-state index < -0.39 is 23.9 Å². The van der Waals surface area contributed by atoms with Gasteiger partial charge >= 0.3 is 23.9 Å². The van der Waals surface area contributed by atoms with E-state index in [1.54, 1.807) is 31.1 Å². The Bertz CT molecular complexity index is 609. The lowest BCUT2D eigenvalue weighted by Gasteiger charge is -2.26. The summed E-state index contributed by atoms with van der Waals surface area (Å²) in [6.07, 6.45) is -5.77. The van der Waals surface area contributed by atoms with Gasteiger partial charge in [0.2, 0.25) is 0 Å². The molecule has 0 saturated carbocycles. The number of nitrogens with one attached hydrogen (secondary N) is 1. The van der Waals surface area contributed by atoms with Crippen LogP contribution in [0.25, 0.3) is 0 Å². The minimum Gasteiger partial charge on any atom is -0.378 e. The summed E-state index contributed by atoms with van der Waals surface area (Å²) in [5.41, 5.74) is 2.06. The maximum Gasteiger partial charge on any atom is 0.460 e. The number of hydrogen-bond acceptors (Lipinski definition) is 3. The number of alkyl halides is 7. The molecule has 0 aliphatic rings. The Morgan fingerprint density at radius 2 is 1.54 bits per heavy atom. The standard InChI is InChI=1S/C13H12F7N3O/c1-23(2)9-5-3-8(4-6-9)7-21-22-10(24)11(14,15)12(16,17)13(18,19)20/h3-7H,1-2H3,(H,22,24)/b21-7+. The van der Waals surface area contributed by atoms with Crippen LogP contribution in [-0.4, -0.2) is 44.2 Å². The molecule has 0 fully saturated rings. The predicted octanol–water partition coefficient (Wildman–Crippen LogP) is 3.04. The zero-order chi connectivity index (χ0) is 18.8. The van der Waals surface area contributed by atoms with E-state index in [1.165, 1.54) is 12.1 Å². The minimum absolute atomic E-state index is 0.298. The van der Waals surface area contributed by atoms with E-state index in [0.29, 0.717) is 5.56 Å². The van der Waals surface area contributed by atoms with E-state index in [-0.39, 0.29) is 0 Å². The van der Waals surface area contributed by atoms with Crippen LogP contribution in [0.2, 0.25) is 0 Å². The molecule has 0 bridgehead atoms. The summed E-state index contributed by atoms with van der Waals surface area (Å²) in [4.78, 5) is 12.7. The van der Waals surface area contributed by atoms with Gasteiger partial charge in [0.15, 0.2) is 0 Å². The van der Waals surface area contributed by atoms with Crippen LogP contribution in [0, 0.1) is 0 Å². The molecule has 134 valence electrons. The molecule has 4 nitrogen and oxygen atoms in total. The Labute approximate surface area is 131 Å². The molecule has 1 aromatic rings. The highest BCUT2D eigenvalue weighted by molar-refractivity contribution is 5.87. The molecule has 1 amide bonds. The van der Waals surface area contributed by atoms with Crippen molar-refractivity contribution in [3.63, 3.8) is 0 Å². The van der Waals surface area contributed by atoms with Crippen LogP contribution in [0.1, 0.15) is 5.56 Å². The summed E-state index contributed by atoms with van der Waals surface area (Å²) >= 11 is 0. The number of hydrazone groups is 1. The Morgan fingerprint density at radius 1 is 1.04 bits per heavy atom. The van der Waals surface area contributed by atoms with E-state index in [9.17, 15) is 35.5 Å². The van der Waals surface area contributed by atoms with Gasteiger partial charge in [-0.25, -0.2) is 5.43 Å². The fourth-order valence-electron chi connectivity index (χ4n) is 1.41. The highest BCUT2D eigenvalue weighted by Gasteiger charge is 2.76. The topological polar surface area (TPSA) is 44.7 Å². The molecule has 0 spiro atoms. The maximum absolute atomic E-state index is 13.0. The van der Waals surface area contributed by atoms with E-state index in [4.69, 9.17) is 0 Å². The Hall–Kier alpha value is -2.33. The summed E-state index contributed by atoms with van der Waals surface area (Å²) in [6.45, 7) is 0. The van der Waals surface area contributed by atoms with Crippen molar-refractivity contribution < 1.29 is 35.5 Å². The molecule has 0 saturated heterocycles. The third kappa shape index (κ3) is 3.95. The number of nitrogens with zero attached hydrogens (tertiary/aromatic N) is 2. The first-order chi connectivity index (χ1) is 10.8. The van der Waals surface area contributed by atoms with Gasteiger partial charge in [0.1, 0.15) is 0 Å². The number of carbonyl (C=O) groups is 1. The second-order valence-corrected chi connectivity index (χ2v) is 4.83. The van der Waals surface area contributed by atoms with Gasteiger partial charge in [0, 0.05) is 19.8 Å². The summed E-state index contributed by atoms with van der Waals surface area (Å²) in [7, 11) is 3.51. The molecule has 1 N–H and O–H groups in total. The third-order valence-corrected chi connectivity index (χ3v) is 2.82. The van der Waals surface area contributed by atoms with Crippen LogP contribution in [-0.2, 0) is 4.79 Å². The molecule has 11 heteroatoms. The second kappa shape index (κ2) is 6.65. The molecule has 1 aromatic carbocycles. The first-order valence-corrected chi connectivity index (χ1v) is 6.24. The van der Waals surface area contributed by atoms with Crippen LogP contribution in [0.3, 0.4) is 0 Å². The Kier molecular flexibility index (Phi) is 5.47. The number of anilines is 1. The van der Waals surface area contributed by atoms with Crippen LogP contribution < -0.4 is 10.3 Å². The fourth-order valence-corrected chi connectivity index (χ4v) is 1.41. The number of halogens is 7. The van der Waals surface area contributed by atoms with Crippen molar-refractivity contribution in [2.24, 2.45) is 5.10 Å². The van der Waals surface area contributed by atoms with E-state index in [0.717, 1.165) is 17.3 Å². The van der Waals surface area contributed by atoms with Gasteiger partial charge in [0.05, 0.1) is 6.21 Å². The lowest BCUT2D eigenvalue weighted by molar-refractivity contribution is -0.344. The normalized spacial score (nSPS) is 13.2. The van der Waals surface area contributed by atoms with Crippen LogP contribution in [0.5, 0.6) is 0 Å². The first-order valence-electron chi connectivity index (χ1n) is 6.24. The molecule has 24 heavy (non-hydrogen) atoms. The zero-order valence-corrected chi connectivity index (χ0v) is 12.3. The van der Waals surface area contributed by atoms with E-state index in [2.05, 4.69) is 5.10 Å². The minimum atomic E-state index is -6.58. The van der Waals surface area contributed by atoms with Crippen molar-refractivity contribution in [1.82, 2.24) is 5.43 Å². The van der Waals surface area contributed by atoms with Crippen molar-refractivity contribution in [2.45, 2.75) is 18.0 Å². The first kappa shape index (κ1) is 19.7. The molecule has 0 heterocycles. The van der Waals surface area contributed by atoms with Crippen LogP contribution >= 0.6 is 0 Å². The zero-order valence-electron chi connectivity index (χ0n) is 12.3. The Balaban J connectivity index is 2.81. The summed E-state index contributed by atoms with van der Waals surface area (Å²) in [5.74, 6) is -15.4. The van der Waals surface area contributed by atoms with Crippen molar-refractivity contribution in [3.05, 3.63) is 29.8 Å². The van der Waals surface area contributed by atoms with Crippen molar-refractivity contribution in [3.8, 4) is 0 Å². The number of carbonyl (C=O) groups excluding carboxylic acids is 1. The second-order valence-electron chi connectivity index (χ2n) is 4.83. The third-order valence-electron chi connectivity index (χ3n) is 2.82. The lowest BCUT2D eigenvalue weighted by atomic mass is 10.1. The van der Waals surface area contributed by atoms with Crippen molar-refractivity contribution in [1.29, 1.82) is 0 Å². The summed E-state index contributed by atoms with van der Waals surface area (Å²) < 4.78 is 87.0. The maximum atomic E-state index is 13.0. The van der Waals surface area contributed by atoms with Gasteiger partial charge < -0.3 is 4.90 Å². The Morgan fingerprint density at radius 3 is 1.96 bits per heavy atom. The summed E-state index contributed by atoms with van der Waals surface area (Å²) in [6, 6.07) is 6.14. The van der Waals surface area contributed by atoms with Gasteiger partial charge in [-0.3, -0.25) is 4.79 Å². The fraction of sp³-hybridized carbons (Fsp3) is 0.385. The van der Waals surface area contributed by atoms with Gasteiger partial charge in [-0.1, -0.05) is 12.1 Å². The van der Waals surface area contributed by atoms with Crippen LogP contribution in [0.4, 0.5) is 36.4 Å². The molecule has 1 rings (SSSR count). The van der Waals surface area contributed by atoms with Crippen LogP contribution in [0.15, 0.2) is 29.4 Å². The predicted molar refractivity (Wildman–Crippen MR) is 72.5 cm³/mol. The number of amides is 1. The number of rotatable bonds is 5. The van der Waals surface area contributed by atoms with Crippen molar-refractivity contribution in [2.75, 3.05) is 19.0 Å². The molecule has 0 unspecified atom stereocenters. The lowest BCUT2D eigenvalue weighted by Crippen LogP contribution is -2.58. The molecule has 0 aromatic heterocycles. The molecule has 0 atom stereocenters. The smallest absolute Gasteiger partial charge is 0.378 e. The number of hydrogen-bond donors (Lipinski definition) is 1. The van der Waals surface area contributed by atoms with Gasteiger partial charge in [-0.2, -0.15) is 35.8 Å². The van der Waals surface area contributed by atoms with Crippen molar-refractivity contribution >= 4 is 17.8 Å². The van der Waals surface area contributed by atoms with E-state index in [1.807, 2.05) is 0 Å². The average molecular weight is 359 g/mol. The quantitative estimate of drug-likeness (QED) is 0.499. The van der Waals surface area contributed by atoms with E-state index >= 15 is 0 Å². The highest BCUT2D eigenvalue weighted by Crippen LogP contribution is 2.46. The number of benzene rings is 1. The largest absolute Gasteiger partial charge is 0.460 e. The molecular weight excluding hydrogens is 347 g/mol.